The van der Waals surface area contributed by atoms with Crippen LogP contribution in [0.4, 0.5) is 0 Å². The van der Waals surface area contributed by atoms with Gasteiger partial charge in [-0.1, -0.05) is 60.7 Å². The van der Waals surface area contributed by atoms with E-state index in [2.05, 4.69) is 52.4 Å². The van der Waals surface area contributed by atoms with Crippen LogP contribution in [0.15, 0.2) is 28.7 Å². The Hall–Kier alpha value is -0.340. The number of halogens is 1. The number of likely N-dealkylation sites (N-methyl/N-ethyl adjacent to an activating group) is 1. The summed E-state index contributed by atoms with van der Waals surface area (Å²) in [6, 6.07) is 9.48. The molecule has 0 radical (unpaired) electrons. The smallest absolute Gasteiger partial charge is 0.0175 e. The van der Waals surface area contributed by atoms with E-state index in [1.54, 1.807) is 0 Å². The third kappa shape index (κ3) is 4.92. The van der Waals surface area contributed by atoms with Gasteiger partial charge in [0.25, 0.3) is 0 Å². The second kappa shape index (κ2) is 8.06. The van der Waals surface area contributed by atoms with Gasteiger partial charge in [-0.3, -0.25) is 0 Å². The average molecular weight is 324 g/mol. The van der Waals surface area contributed by atoms with Crippen molar-refractivity contribution in [2.24, 2.45) is 5.92 Å². The molecule has 1 atom stereocenters. The van der Waals surface area contributed by atoms with Crippen molar-refractivity contribution in [2.75, 3.05) is 6.54 Å². The van der Waals surface area contributed by atoms with Gasteiger partial charge in [-0.05, 0) is 49.4 Å². The van der Waals surface area contributed by atoms with Crippen LogP contribution in [0.5, 0.6) is 0 Å². The molecule has 106 valence electrons. The van der Waals surface area contributed by atoms with Crippen LogP contribution >= 0.6 is 15.9 Å². The lowest BCUT2D eigenvalue weighted by atomic mass is 9.87. The molecule has 1 aliphatic carbocycles. The first-order chi connectivity index (χ1) is 9.29. The van der Waals surface area contributed by atoms with Crippen LogP contribution in [-0.4, -0.2) is 12.6 Å². The molecule has 2 rings (SSSR count). The Bertz CT molecular complexity index is 352. The summed E-state index contributed by atoms with van der Waals surface area (Å²) in [5.74, 6) is 0.867. The maximum atomic E-state index is 3.73. The van der Waals surface area contributed by atoms with E-state index in [4.69, 9.17) is 0 Å². The number of rotatable bonds is 5. The molecular formula is C17H26BrN. The topological polar surface area (TPSA) is 12.0 Å². The number of benzene rings is 1. The number of hydrogen-bond acceptors (Lipinski definition) is 1. The molecule has 1 saturated carbocycles. The summed E-state index contributed by atoms with van der Waals surface area (Å²) in [6.07, 6.45) is 9.72. The van der Waals surface area contributed by atoms with Gasteiger partial charge in [-0.2, -0.15) is 0 Å². The van der Waals surface area contributed by atoms with E-state index in [1.807, 2.05) is 0 Å². The van der Waals surface area contributed by atoms with Gasteiger partial charge in [0.2, 0.25) is 0 Å². The highest BCUT2D eigenvalue weighted by molar-refractivity contribution is 9.10. The first-order valence-corrected chi connectivity index (χ1v) is 8.56. The van der Waals surface area contributed by atoms with Gasteiger partial charge < -0.3 is 5.32 Å². The molecule has 0 aromatic heterocycles. The predicted octanol–water partition coefficient (Wildman–Crippen LogP) is 4.94. The van der Waals surface area contributed by atoms with E-state index in [-0.39, 0.29) is 0 Å². The minimum Gasteiger partial charge on any atom is -0.314 e. The molecule has 0 spiro atoms. The monoisotopic (exact) mass is 323 g/mol. The van der Waals surface area contributed by atoms with Gasteiger partial charge >= 0.3 is 0 Å². The lowest BCUT2D eigenvalue weighted by Gasteiger charge is -2.27. The molecule has 1 aromatic rings. The fraction of sp³-hybridized carbons (Fsp3) is 0.647. The van der Waals surface area contributed by atoms with Gasteiger partial charge in [0.15, 0.2) is 0 Å². The molecule has 0 aliphatic heterocycles. The maximum Gasteiger partial charge on any atom is 0.0175 e. The number of hydrogen-bond donors (Lipinski definition) is 1. The molecule has 1 aliphatic rings. The minimum absolute atomic E-state index is 0.657. The largest absolute Gasteiger partial charge is 0.314 e. The quantitative estimate of drug-likeness (QED) is 0.757. The Morgan fingerprint density at radius 3 is 2.32 bits per heavy atom. The molecule has 0 amide bonds. The summed E-state index contributed by atoms with van der Waals surface area (Å²) in [5, 5.41) is 3.73. The van der Waals surface area contributed by atoms with Crippen molar-refractivity contribution >= 4 is 15.9 Å². The zero-order valence-electron chi connectivity index (χ0n) is 12.0. The minimum atomic E-state index is 0.657. The molecule has 0 bridgehead atoms. The fourth-order valence-electron chi connectivity index (χ4n) is 3.26. The first kappa shape index (κ1) is 15.1. The van der Waals surface area contributed by atoms with Crippen LogP contribution in [0.2, 0.25) is 0 Å². The van der Waals surface area contributed by atoms with Crippen molar-refractivity contribution in [3.63, 3.8) is 0 Å². The Morgan fingerprint density at radius 2 is 1.74 bits per heavy atom. The maximum absolute atomic E-state index is 3.73. The van der Waals surface area contributed by atoms with Crippen LogP contribution in [-0.2, 0) is 6.42 Å². The van der Waals surface area contributed by atoms with E-state index in [0.29, 0.717) is 6.04 Å². The molecule has 1 aromatic carbocycles. The van der Waals surface area contributed by atoms with Gasteiger partial charge in [-0.15, -0.1) is 0 Å². The highest BCUT2D eigenvalue weighted by Gasteiger charge is 2.22. The van der Waals surface area contributed by atoms with E-state index >= 15 is 0 Å². The molecule has 0 saturated heterocycles. The summed E-state index contributed by atoms with van der Waals surface area (Å²) in [5.41, 5.74) is 1.46. The summed E-state index contributed by atoms with van der Waals surface area (Å²) < 4.78 is 1.17. The van der Waals surface area contributed by atoms with Crippen molar-refractivity contribution in [1.29, 1.82) is 0 Å². The van der Waals surface area contributed by atoms with Gasteiger partial charge in [0, 0.05) is 10.5 Å². The van der Waals surface area contributed by atoms with Crippen LogP contribution in [0.1, 0.15) is 51.0 Å². The number of nitrogens with one attached hydrogen (secondary N) is 1. The lowest BCUT2D eigenvalue weighted by molar-refractivity contribution is 0.321. The zero-order valence-corrected chi connectivity index (χ0v) is 13.6. The van der Waals surface area contributed by atoms with Gasteiger partial charge in [0.05, 0.1) is 0 Å². The summed E-state index contributed by atoms with van der Waals surface area (Å²) >= 11 is 3.51. The molecule has 1 fully saturated rings. The van der Waals surface area contributed by atoms with E-state index in [1.165, 1.54) is 55.0 Å². The summed E-state index contributed by atoms with van der Waals surface area (Å²) in [4.78, 5) is 0. The van der Waals surface area contributed by atoms with E-state index in [0.717, 1.165) is 12.5 Å². The third-order valence-electron chi connectivity index (χ3n) is 4.30. The van der Waals surface area contributed by atoms with Crippen LogP contribution < -0.4 is 5.32 Å². The molecule has 19 heavy (non-hydrogen) atoms. The SMILES string of the molecule is CCNC(Cc1ccc(Br)cc1)C1CCCCCC1. The lowest BCUT2D eigenvalue weighted by Crippen LogP contribution is -2.37. The summed E-state index contributed by atoms with van der Waals surface area (Å²) in [6.45, 7) is 3.31. The van der Waals surface area contributed by atoms with Crippen molar-refractivity contribution in [1.82, 2.24) is 5.32 Å². The Labute approximate surface area is 126 Å². The van der Waals surface area contributed by atoms with E-state index in [9.17, 15) is 0 Å². The van der Waals surface area contributed by atoms with Crippen molar-refractivity contribution in [3.8, 4) is 0 Å². The molecule has 1 unspecified atom stereocenters. The standard InChI is InChI=1S/C17H26BrN/c1-2-19-17(15-7-5-3-4-6-8-15)13-14-9-11-16(18)12-10-14/h9-12,15,17,19H,2-8,13H2,1H3. The first-order valence-electron chi connectivity index (χ1n) is 7.77. The van der Waals surface area contributed by atoms with Gasteiger partial charge in [-0.25, -0.2) is 0 Å². The van der Waals surface area contributed by atoms with Crippen molar-refractivity contribution in [3.05, 3.63) is 34.3 Å². The van der Waals surface area contributed by atoms with Crippen LogP contribution in [0.3, 0.4) is 0 Å². The predicted molar refractivity (Wildman–Crippen MR) is 86.5 cm³/mol. The summed E-state index contributed by atoms with van der Waals surface area (Å²) in [7, 11) is 0. The second-order valence-corrected chi connectivity index (χ2v) is 6.66. The van der Waals surface area contributed by atoms with Crippen LogP contribution in [0.25, 0.3) is 0 Å². The van der Waals surface area contributed by atoms with E-state index < -0.39 is 0 Å². The zero-order chi connectivity index (χ0) is 13.5. The highest BCUT2D eigenvalue weighted by Crippen LogP contribution is 2.27. The molecular weight excluding hydrogens is 298 g/mol. The van der Waals surface area contributed by atoms with Crippen molar-refractivity contribution < 1.29 is 0 Å². The van der Waals surface area contributed by atoms with Crippen molar-refractivity contribution in [2.45, 2.75) is 57.9 Å². The fourth-order valence-corrected chi connectivity index (χ4v) is 3.52. The average Bonchev–Trinajstić information content (AvgIpc) is 2.70. The Kier molecular flexibility index (Phi) is 6.39. The molecule has 0 heterocycles. The molecule has 2 heteroatoms. The van der Waals surface area contributed by atoms with Gasteiger partial charge in [0.1, 0.15) is 0 Å². The van der Waals surface area contributed by atoms with Crippen LogP contribution in [0, 0.1) is 5.92 Å². The highest BCUT2D eigenvalue weighted by atomic mass is 79.9. The normalized spacial score (nSPS) is 19.1. The molecule has 1 N–H and O–H groups in total. The Balaban J connectivity index is 1.99. The second-order valence-electron chi connectivity index (χ2n) is 5.75. The molecule has 1 nitrogen and oxygen atoms in total. The Morgan fingerprint density at radius 1 is 1.11 bits per heavy atom. The third-order valence-corrected chi connectivity index (χ3v) is 4.83.